The molecule has 0 N–H and O–H groups in total. The number of hydrogen-bond acceptors (Lipinski definition) is 0. The molecule has 0 aromatic heterocycles. The fourth-order valence-electron chi connectivity index (χ4n) is 3.13. The molecule has 0 atom stereocenters. The quantitative estimate of drug-likeness (QED) is 0.468. The minimum Gasteiger partial charge on any atom is -0.0726 e. The molecule has 0 saturated carbocycles. The normalized spacial score (nSPS) is 14.0. The van der Waals surface area contributed by atoms with Crippen molar-refractivity contribution in [3.05, 3.63) is 77.9 Å². The second-order valence-corrected chi connectivity index (χ2v) is 5.54. The van der Waals surface area contributed by atoms with E-state index in [1.165, 1.54) is 38.3 Å². The van der Waals surface area contributed by atoms with Crippen molar-refractivity contribution in [2.45, 2.75) is 13.3 Å². The van der Waals surface area contributed by atoms with E-state index in [1.807, 2.05) is 0 Å². The molecule has 0 heterocycles. The number of hydrogen-bond donors (Lipinski definition) is 0. The van der Waals surface area contributed by atoms with Crippen LogP contribution in [-0.2, 0) is 0 Å². The van der Waals surface area contributed by atoms with E-state index in [2.05, 4.69) is 73.7 Å². The average molecular weight is 263 g/mol. The SMILES string of the molecule is CC1=CC(c2cccc3c2ccc2ccccc23)=CC1.[Li+]. The number of benzene rings is 3. The van der Waals surface area contributed by atoms with Crippen molar-refractivity contribution < 1.29 is 18.9 Å². The maximum absolute atomic E-state index is 2.33. The zero-order valence-electron chi connectivity index (χ0n) is 12.6. The molecule has 0 bridgehead atoms. The molecule has 0 nitrogen and oxygen atoms in total. The van der Waals surface area contributed by atoms with Crippen molar-refractivity contribution in [2.75, 3.05) is 0 Å². The third-order valence-electron chi connectivity index (χ3n) is 4.14. The van der Waals surface area contributed by atoms with Crippen molar-refractivity contribution >= 4 is 27.1 Å². The van der Waals surface area contributed by atoms with Crippen molar-refractivity contribution in [3.8, 4) is 0 Å². The molecule has 0 saturated heterocycles. The number of allylic oxidation sites excluding steroid dienone is 4. The third-order valence-corrected chi connectivity index (χ3v) is 4.14. The Morgan fingerprint density at radius 3 is 2.38 bits per heavy atom. The summed E-state index contributed by atoms with van der Waals surface area (Å²) in [5, 5.41) is 5.35. The second kappa shape index (κ2) is 5.57. The zero-order valence-corrected chi connectivity index (χ0v) is 12.6. The Bertz CT molecular complexity index is 885. The minimum absolute atomic E-state index is 0. The van der Waals surface area contributed by atoms with Crippen LogP contribution in [0.2, 0.25) is 0 Å². The molecule has 96 valence electrons. The van der Waals surface area contributed by atoms with Crippen molar-refractivity contribution in [1.82, 2.24) is 0 Å². The van der Waals surface area contributed by atoms with Gasteiger partial charge in [0, 0.05) is 0 Å². The van der Waals surface area contributed by atoms with Crippen LogP contribution < -0.4 is 18.9 Å². The number of fused-ring (bicyclic) bond motifs is 3. The Morgan fingerprint density at radius 2 is 1.57 bits per heavy atom. The van der Waals surface area contributed by atoms with Crippen LogP contribution >= 0.6 is 0 Å². The van der Waals surface area contributed by atoms with E-state index >= 15 is 0 Å². The summed E-state index contributed by atoms with van der Waals surface area (Å²) in [4.78, 5) is 0. The number of rotatable bonds is 1. The van der Waals surface area contributed by atoms with Gasteiger partial charge in [-0.2, -0.15) is 0 Å². The molecule has 0 radical (unpaired) electrons. The van der Waals surface area contributed by atoms with Crippen molar-refractivity contribution in [3.63, 3.8) is 0 Å². The topological polar surface area (TPSA) is 0 Å². The van der Waals surface area contributed by atoms with Gasteiger partial charge in [0.25, 0.3) is 0 Å². The van der Waals surface area contributed by atoms with E-state index in [-0.39, 0.29) is 18.9 Å². The van der Waals surface area contributed by atoms with E-state index < -0.39 is 0 Å². The maximum Gasteiger partial charge on any atom is 1.00 e. The Labute approximate surface area is 137 Å². The van der Waals surface area contributed by atoms with Crippen LogP contribution in [0.3, 0.4) is 0 Å². The largest absolute Gasteiger partial charge is 1.00 e. The first kappa shape index (κ1) is 14.2. The van der Waals surface area contributed by atoms with Gasteiger partial charge >= 0.3 is 18.9 Å². The van der Waals surface area contributed by atoms with E-state index in [1.54, 1.807) is 0 Å². The van der Waals surface area contributed by atoms with Gasteiger partial charge in [-0.25, -0.2) is 0 Å². The molecule has 3 aromatic carbocycles. The maximum atomic E-state index is 2.33. The average Bonchev–Trinajstić information content (AvgIpc) is 2.93. The molecule has 0 fully saturated rings. The van der Waals surface area contributed by atoms with E-state index in [0.717, 1.165) is 6.42 Å². The Kier molecular flexibility index (Phi) is 3.76. The van der Waals surface area contributed by atoms with E-state index in [4.69, 9.17) is 0 Å². The van der Waals surface area contributed by atoms with Crippen LogP contribution in [0.5, 0.6) is 0 Å². The van der Waals surface area contributed by atoms with Gasteiger partial charge in [-0.15, -0.1) is 0 Å². The molecule has 0 spiro atoms. The fourth-order valence-corrected chi connectivity index (χ4v) is 3.13. The zero-order chi connectivity index (χ0) is 13.5. The smallest absolute Gasteiger partial charge is 0.0726 e. The van der Waals surface area contributed by atoms with Crippen molar-refractivity contribution in [2.24, 2.45) is 0 Å². The van der Waals surface area contributed by atoms with Crippen LogP contribution in [-0.4, -0.2) is 0 Å². The summed E-state index contributed by atoms with van der Waals surface area (Å²) in [6, 6.07) is 19.7. The molecular formula is C20H16Li+. The fraction of sp³-hybridized carbons (Fsp3) is 0.100. The monoisotopic (exact) mass is 263 g/mol. The summed E-state index contributed by atoms with van der Waals surface area (Å²) in [6.07, 6.45) is 5.72. The molecule has 1 aliphatic rings. The van der Waals surface area contributed by atoms with Crippen LogP contribution in [0.25, 0.3) is 27.1 Å². The first-order valence-corrected chi connectivity index (χ1v) is 7.11. The predicted molar refractivity (Wildman–Crippen MR) is 87.8 cm³/mol. The standard InChI is InChI=1S/C20H16.Li/c1-14-9-10-16(13-14)18-7-4-8-19-17-6-3-2-5-15(17)11-12-20(18)19;/h2-8,10-13H,9H2,1H3;/q;+1. The van der Waals surface area contributed by atoms with Gasteiger partial charge in [-0.1, -0.05) is 72.3 Å². The first-order valence-electron chi connectivity index (χ1n) is 7.11. The van der Waals surface area contributed by atoms with E-state index in [0.29, 0.717) is 0 Å². The molecule has 0 aliphatic heterocycles. The molecule has 1 aliphatic carbocycles. The molecule has 21 heavy (non-hydrogen) atoms. The summed E-state index contributed by atoms with van der Waals surface area (Å²) in [5.74, 6) is 0. The first-order chi connectivity index (χ1) is 9.83. The summed E-state index contributed by atoms with van der Waals surface area (Å²) in [5.41, 5.74) is 4.16. The molecule has 0 amide bonds. The molecule has 1 heteroatoms. The van der Waals surface area contributed by atoms with Gasteiger partial charge in [-0.3, -0.25) is 0 Å². The van der Waals surface area contributed by atoms with Crippen molar-refractivity contribution in [1.29, 1.82) is 0 Å². The molecule has 0 unspecified atom stereocenters. The Balaban J connectivity index is 0.00000132. The Hall–Kier alpha value is -1.74. The molecule has 3 aromatic rings. The van der Waals surface area contributed by atoms with Crippen LogP contribution in [0, 0.1) is 0 Å². The van der Waals surface area contributed by atoms with Gasteiger partial charge in [-0.05, 0) is 46.0 Å². The van der Waals surface area contributed by atoms with Crippen LogP contribution in [0.1, 0.15) is 18.9 Å². The van der Waals surface area contributed by atoms with Crippen LogP contribution in [0.4, 0.5) is 0 Å². The summed E-state index contributed by atoms with van der Waals surface area (Å²) < 4.78 is 0. The minimum atomic E-state index is 0. The third kappa shape index (κ3) is 2.36. The molecule has 4 rings (SSSR count). The van der Waals surface area contributed by atoms with Gasteiger partial charge in [0.1, 0.15) is 0 Å². The Morgan fingerprint density at radius 1 is 0.762 bits per heavy atom. The summed E-state index contributed by atoms with van der Waals surface area (Å²) in [6.45, 7) is 2.20. The molecular weight excluding hydrogens is 247 g/mol. The predicted octanol–water partition coefficient (Wildman–Crippen LogP) is 2.73. The van der Waals surface area contributed by atoms with Gasteiger partial charge < -0.3 is 0 Å². The van der Waals surface area contributed by atoms with Crippen LogP contribution in [0.15, 0.2) is 72.3 Å². The van der Waals surface area contributed by atoms with E-state index in [9.17, 15) is 0 Å². The summed E-state index contributed by atoms with van der Waals surface area (Å²) >= 11 is 0. The summed E-state index contributed by atoms with van der Waals surface area (Å²) in [7, 11) is 0. The van der Waals surface area contributed by atoms with Gasteiger partial charge in [0.2, 0.25) is 0 Å². The second-order valence-electron chi connectivity index (χ2n) is 5.54. The van der Waals surface area contributed by atoms with Gasteiger partial charge in [0.05, 0.1) is 0 Å². The van der Waals surface area contributed by atoms with Gasteiger partial charge in [0.15, 0.2) is 0 Å².